The lowest BCUT2D eigenvalue weighted by molar-refractivity contribution is -0.122. The Bertz CT molecular complexity index is 768. The van der Waals surface area contributed by atoms with Gasteiger partial charge in [0, 0.05) is 25.7 Å². The molecule has 0 saturated heterocycles. The number of benzene rings is 1. The third-order valence-electron chi connectivity index (χ3n) is 4.26. The number of aromatic nitrogens is 2. The number of methoxy groups -OCH3 is 1. The maximum absolute atomic E-state index is 12.3. The first-order chi connectivity index (χ1) is 12.9. The third-order valence-corrected chi connectivity index (χ3v) is 4.26. The molecule has 0 aliphatic rings. The fraction of sp³-hybridized carbons (Fsp3) is 0.450. The van der Waals surface area contributed by atoms with Crippen LogP contribution in [0, 0.1) is 13.8 Å². The molecule has 7 heteroatoms. The normalized spacial score (nSPS) is 11.7. The quantitative estimate of drug-likeness (QED) is 0.662. The van der Waals surface area contributed by atoms with Crippen LogP contribution in [0.1, 0.15) is 42.8 Å². The number of nitrogens with one attached hydrogen (secondary N) is 2. The SMILES string of the molecule is COc1ccc(C(CC(=O)NCCCn2nc(C)cc2C)NC(C)=O)cc1. The van der Waals surface area contributed by atoms with Gasteiger partial charge in [-0.1, -0.05) is 12.1 Å². The Morgan fingerprint density at radius 1 is 1.22 bits per heavy atom. The summed E-state index contributed by atoms with van der Waals surface area (Å²) in [4.78, 5) is 23.8. The van der Waals surface area contributed by atoms with E-state index in [1.165, 1.54) is 6.92 Å². The van der Waals surface area contributed by atoms with Gasteiger partial charge in [-0.3, -0.25) is 14.3 Å². The van der Waals surface area contributed by atoms with E-state index in [4.69, 9.17) is 4.74 Å². The van der Waals surface area contributed by atoms with Gasteiger partial charge in [-0.15, -0.1) is 0 Å². The van der Waals surface area contributed by atoms with Crippen LogP contribution in [0.15, 0.2) is 30.3 Å². The van der Waals surface area contributed by atoms with Crippen molar-refractivity contribution in [3.63, 3.8) is 0 Å². The van der Waals surface area contributed by atoms with Crippen molar-refractivity contribution in [3.8, 4) is 5.75 Å². The first kappa shape index (κ1) is 20.5. The van der Waals surface area contributed by atoms with E-state index in [1.807, 2.05) is 48.9 Å². The van der Waals surface area contributed by atoms with Gasteiger partial charge in [-0.2, -0.15) is 5.10 Å². The van der Waals surface area contributed by atoms with Gasteiger partial charge < -0.3 is 15.4 Å². The number of hydrogen-bond donors (Lipinski definition) is 2. The number of carbonyl (C=O) groups is 2. The Hall–Kier alpha value is -2.83. The van der Waals surface area contributed by atoms with Gasteiger partial charge in [0.15, 0.2) is 0 Å². The van der Waals surface area contributed by atoms with E-state index in [9.17, 15) is 9.59 Å². The molecule has 1 atom stereocenters. The molecule has 7 nitrogen and oxygen atoms in total. The molecule has 0 saturated carbocycles. The van der Waals surface area contributed by atoms with Crippen LogP contribution in [0.2, 0.25) is 0 Å². The maximum Gasteiger partial charge on any atom is 0.222 e. The first-order valence-electron chi connectivity index (χ1n) is 9.08. The van der Waals surface area contributed by atoms with Crippen LogP contribution in [-0.2, 0) is 16.1 Å². The summed E-state index contributed by atoms with van der Waals surface area (Å²) in [5.74, 6) is 0.458. The molecule has 1 unspecified atom stereocenters. The van der Waals surface area contributed by atoms with Crippen molar-refractivity contribution in [2.75, 3.05) is 13.7 Å². The van der Waals surface area contributed by atoms with E-state index >= 15 is 0 Å². The summed E-state index contributed by atoms with van der Waals surface area (Å²) < 4.78 is 7.09. The summed E-state index contributed by atoms with van der Waals surface area (Å²) in [6.45, 7) is 6.75. The van der Waals surface area contributed by atoms with Crippen molar-refractivity contribution in [3.05, 3.63) is 47.3 Å². The molecule has 27 heavy (non-hydrogen) atoms. The average Bonchev–Trinajstić information content (AvgIpc) is 2.95. The van der Waals surface area contributed by atoms with Crippen LogP contribution in [0.3, 0.4) is 0 Å². The summed E-state index contributed by atoms with van der Waals surface area (Å²) >= 11 is 0. The van der Waals surface area contributed by atoms with Gasteiger partial charge in [0.1, 0.15) is 5.75 Å². The lowest BCUT2D eigenvalue weighted by Gasteiger charge is -2.18. The highest BCUT2D eigenvalue weighted by molar-refractivity contribution is 5.79. The summed E-state index contributed by atoms with van der Waals surface area (Å²) in [5, 5.41) is 10.2. The molecule has 1 heterocycles. The minimum Gasteiger partial charge on any atom is -0.497 e. The molecule has 1 aromatic heterocycles. The highest BCUT2D eigenvalue weighted by Gasteiger charge is 2.17. The number of nitrogens with zero attached hydrogens (tertiary/aromatic N) is 2. The molecule has 2 aromatic rings. The first-order valence-corrected chi connectivity index (χ1v) is 9.08. The van der Waals surface area contributed by atoms with Crippen molar-refractivity contribution in [2.24, 2.45) is 0 Å². The molecular formula is C20H28N4O3. The summed E-state index contributed by atoms with van der Waals surface area (Å²) in [5.41, 5.74) is 2.97. The molecule has 0 aliphatic carbocycles. The lowest BCUT2D eigenvalue weighted by Crippen LogP contribution is -2.33. The van der Waals surface area contributed by atoms with E-state index < -0.39 is 0 Å². The largest absolute Gasteiger partial charge is 0.497 e. The Kier molecular flexibility index (Phi) is 7.40. The van der Waals surface area contributed by atoms with Crippen molar-refractivity contribution in [2.45, 2.75) is 46.2 Å². The van der Waals surface area contributed by atoms with Crippen molar-refractivity contribution in [1.29, 1.82) is 0 Å². The standard InChI is InChI=1S/C20H28N4O3/c1-14-12-15(2)24(23-14)11-5-10-21-20(26)13-19(22-16(3)25)17-6-8-18(27-4)9-7-17/h6-9,12,19H,5,10-11,13H2,1-4H3,(H,21,26)(H,22,25). The van der Waals surface area contributed by atoms with E-state index in [2.05, 4.69) is 15.7 Å². The molecule has 2 N–H and O–H groups in total. The van der Waals surface area contributed by atoms with Gasteiger partial charge in [-0.05, 0) is 44.0 Å². The minimum atomic E-state index is -0.371. The van der Waals surface area contributed by atoms with Crippen molar-refractivity contribution in [1.82, 2.24) is 20.4 Å². The van der Waals surface area contributed by atoms with Crippen LogP contribution in [0.25, 0.3) is 0 Å². The van der Waals surface area contributed by atoms with Gasteiger partial charge in [-0.25, -0.2) is 0 Å². The predicted molar refractivity (Wildman–Crippen MR) is 103 cm³/mol. The van der Waals surface area contributed by atoms with Crippen LogP contribution in [0.4, 0.5) is 0 Å². The minimum absolute atomic E-state index is 0.0991. The van der Waals surface area contributed by atoms with Gasteiger partial charge in [0.2, 0.25) is 11.8 Å². The second-order valence-corrected chi connectivity index (χ2v) is 6.58. The van der Waals surface area contributed by atoms with E-state index in [0.717, 1.165) is 35.7 Å². The average molecular weight is 372 g/mol. The second-order valence-electron chi connectivity index (χ2n) is 6.58. The van der Waals surface area contributed by atoms with Gasteiger partial charge in [0.25, 0.3) is 0 Å². The molecule has 0 aliphatic heterocycles. The Labute approximate surface area is 160 Å². The third kappa shape index (κ3) is 6.44. The monoisotopic (exact) mass is 372 g/mol. The number of rotatable bonds is 9. The number of ether oxygens (including phenoxy) is 1. The Morgan fingerprint density at radius 2 is 1.93 bits per heavy atom. The number of aryl methyl sites for hydroxylation is 3. The molecule has 0 fully saturated rings. The molecule has 0 bridgehead atoms. The molecule has 146 valence electrons. The smallest absolute Gasteiger partial charge is 0.222 e. The van der Waals surface area contributed by atoms with E-state index in [0.29, 0.717) is 6.54 Å². The van der Waals surface area contributed by atoms with Crippen molar-refractivity contribution < 1.29 is 14.3 Å². The van der Waals surface area contributed by atoms with Gasteiger partial charge >= 0.3 is 0 Å². The van der Waals surface area contributed by atoms with Gasteiger partial charge in [0.05, 0.1) is 25.3 Å². The molecule has 1 aromatic carbocycles. The van der Waals surface area contributed by atoms with E-state index in [-0.39, 0.29) is 24.3 Å². The highest BCUT2D eigenvalue weighted by Crippen LogP contribution is 2.20. The molecule has 0 spiro atoms. The number of amides is 2. The molecule has 2 rings (SSSR count). The molecule has 0 radical (unpaired) electrons. The highest BCUT2D eigenvalue weighted by atomic mass is 16.5. The summed E-state index contributed by atoms with van der Waals surface area (Å²) in [6, 6.07) is 9.01. The zero-order valence-corrected chi connectivity index (χ0v) is 16.4. The fourth-order valence-corrected chi connectivity index (χ4v) is 2.95. The van der Waals surface area contributed by atoms with E-state index in [1.54, 1.807) is 7.11 Å². The Morgan fingerprint density at radius 3 is 2.48 bits per heavy atom. The van der Waals surface area contributed by atoms with Crippen LogP contribution in [0.5, 0.6) is 5.75 Å². The zero-order chi connectivity index (χ0) is 19.8. The number of carbonyl (C=O) groups excluding carboxylic acids is 2. The predicted octanol–water partition coefficient (Wildman–Crippen LogP) is 2.28. The zero-order valence-electron chi connectivity index (χ0n) is 16.4. The number of hydrogen-bond acceptors (Lipinski definition) is 4. The second kappa shape index (κ2) is 9.75. The topological polar surface area (TPSA) is 85.2 Å². The van der Waals surface area contributed by atoms with Crippen LogP contribution in [-0.4, -0.2) is 35.2 Å². The summed E-state index contributed by atoms with van der Waals surface area (Å²) in [6.07, 6.45) is 0.979. The van der Waals surface area contributed by atoms with Crippen LogP contribution >= 0.6 is 0 Å². The van der Waals surface area contributed by atoms with Crippen molar-refractivity contribution >= 4 is 11.8 Å². The maximum atomic E-state index is 12.3. The fourth-order valence-electron chi connectivity index (χ4n) is 2.95. The molecular weight excluding hydrogens is 344 g/mol. The van der Waals surface area contributed by atoms with Crippen LogP contribution < -0.4 is 15.4 Å². The molecule has 2 amide bonds. The summed E-state index contributed by atoms with van der Waals surface area (Å²) in [7, 11) is 1.60. The Balaban J connectivity index is 1.85. The lowest BCUT2D eigenvalue weighted by atomic mass is 10.0.